The van der Waals surface area contributed by atoms with Gasteiger partial charge in [-0.25, -0.2) is 0 Å². The molecule has 0 aromatic heterocycles. The molecule has 1 heterocycles. The maximum Gasteiger partial charge on any atom is 0.160 e. The van der Waals surface area contributed by atoms with E-state index in [-0.39, 0.29) is 4.08 Å². The number of methoxy groups -OCH3 is 2. The van der Waals surface area contributed by atoms with E-state index < -0.39 is 0 Å². The Kier molecular flexibility index (Phi) is 8.84. The molecular formula is C25H35NO2S2. The van der Waals surface area contributed by atoms with Crippen LogP contribution in [0, 0.1) is 6.92 Å². The van der Waals surface area contributed by atoms with Gasteiger partial charge >= 0.3 is 0 Å². The minimum Gasteiger partial charge on any atom is -0.493 e. The van der Waals surface area contributed by atoms with Crippen molar-refractivity contribution < 1.29 is 9.47 Å². The molecule has 30 heavy (non-hydrogen) atoms. The molecule has 0 radical (unpaired) electrons. The van der Waals surface area contributed by atoms with Gasteiger partial charge in [-0.05, 0) is 81.0 Å². The van der Waals surface area contributed by atoms with Crippen LogP contribution in [-0.4, -0.2) is 50.8 Å². The van der Waals surface area contributed by atoms with Crippen LogP contribution in [0.4, 0.5) is 0 Å². The lowest BCUT2D eigenvalue weighted by Gasteiger charge is -2.37. The highest BCUT2D eigenvalue weighted by atomic mass is 32.2. The molecule has 1 aliphatic heterocycles. The first-order valence-electron chi connectivity index (χ1n) is 10.8. The van der Waals surface area contributed by atoms with Crippen molar-refractivity contribution >= 4 is 23.5 Å². The summed E-state index contributed by atoms with van der Waals surface area (Å²) in [6.45, 7) is 4.35. The Morgan fingerprint density at radius 3 is 2.30 bits per heavy atom. The highest BCUT2D eigenvalue weighted by Crippen LogP contribution is 2.53. The van der Waals surface area contributed by atoms with Gasteiger partial charge in [0.1, 0.15) is 0 Å². The van der Waals surface area contributed by atoms with Gasteiger partial charge in [-0.3, -0.25) is 0 Å². The van der Waals surface area contributed by atoms with Crippen LogP contribution < -0.4 is 9.47 Å². The third-order valence-electron chi connectivity index (χ3n) is 5.73. The number of hydrogen-bond donors (Lipinski definition) is 0. The molecule has 0 aliphatic carbocycles. The topological polar surface area (TPSA) is 21.7 Å². The first-order chi connectivity index (χ1) is 14.6. The number of likely N-dealkylation sites (N-methyl/N-ethyl adjacent to an activating group) is 1. The Balaban J connectivity index is 1.52. The quantitative estimate of drug-likeness (QED) is 0.447. The number of hydrogen-bond acceptors (Lipinski definition) is 5. The monoisotopic (exact) mass is 445 g/mol. The van der Waals surface area contributed by atoms with Crippen LogP contribution >= 0.6 is 23.5 Å². The third kappa shape index (κ3) is 6.12. The van der Waals surface area contributed by atoms with E-state index in [4.69, 9.17) is 9.47 Å². The van der Waals surface area contributed by atoms with Gasteiger partial charge in [0.25, 0.3) is 0 Å². The van der Waals surface area contributed by atoms with E-state index in [0.29, 0.717) is 0 Å². The number of ether oxygens (including phenoxy) is 2. The second-order valence-corrected chi connectivity index (χ2v) is 11.1. The van der Waals surface area contributed by atoms with Crippen molar-refractivity contribution in [1.82, 2.24) is 4.90 Å². The van der Waals surface area contributed by atoms with Gasteiger partial charge < -0.3 is 14.4 Å². The highest BCUT2D eigenvalue weighted by Gasteiger charge is 2.35. The van der Waals surface area contributed by atoms with Crippen LogP contribution in [0.3, 0.4) is 0 Å². The Morgan fingerprint density at radius 1 is 0.933 bits per heavy atom. The zero-order valence-electron chi connectivity index (χ0n) is 18.8. The lowest BCUT2D eigenvalue weighted by atomic mass is 10.0. The SMILES string of the molecule is COc1ccc(CCN(C)CCCC2(c3ccc(C)cc3)SCCCS2)cc1OC. The van der Waals surface area contributed by atoms with Crippen LogP contribution in [-0.2, 0) is 10.5 Å². The average Bonchev–Trinajstić information content (AvgIpc) is 2.78. The second kappa shape index (κ2) is 11.4. The van der Waals surface area contributed by atoms with Gasteiger partial charge in [-0.15, -0.1) is 23.5 Å². The van der Waals surface area contributed by atoms with Crippen molar-refractivity contribution in [1.29, 1.82) is 0 Å². The first-order valence-corrected chi connectivity index (χ1v) is 12.8. The van der Waals surface area contributed by atoms with E-state index in [0.717, 1.165) is 31.0 Å². The Labute approximate surface area is 190 Å². The molecule has 0 bridgehead atoms. The Morgan fingerprint density at radius 2 is 1.63 bits per heavy atom. The third-order valence-corrected chi connectivity index (χ3v) is 9.23. The van der Waals surface area contributed by atoms with Crippen LogP contribution in [0.2, 0.25) is 0 Å². The van der Waals surface area contributed by atoms with Gasteiger partial charge in [0.15, 0.2) is 11.5 Å². The van der Waals surface area contributed by atoms with Crippen molar-refractivity contribution in [2.24, 2.45) is 0 Å². The van der Waals surface area contributed by atoms with E-state index >= 15 is 0 Å². The molecule has 164 valence electrons. The minimum absolute atomic E-state index is 0.232. The van der Waals surface area contributed by atoms with Gasteiger partial charge in [0.05, 0.1) is 18.3 Å². The van der Waals surface area contributed by atoms with Crippen molar-refractivity contribution in [3.63, 3.8) is 0 Å². The summed E-state index contributed by atoms with van der Waals surface area (Å²) in [5.41, 5.74) is 4.12. The zero-order chi connectivity index (χ0) is 21.4. The highest BCUT2D eigenvalue weighted by molar-refractivity contribution is 8.18. The number of rotatable bonds is 10. The standard InChI is InChI=1S/C25H35NO2S2/c1-20-7-10-22(11-8-20)25(29-17-6-18-30-25)14-5-15-26(2)16-13-21-9-12-23(27-3)24(19-21)28-4/h7-12,19H,5-6,13-18H2,1-4H3. The molecule has 3 rings (SSSR count). The van der Waals surface area contributed by atoms with Crippen molar-refractivity contribution in [2.45, 2.75) is 36.7 Å². The fraction of sp³-hybridized carbons (Fsp3) is 0.520. The first kappa shape index (κ1) is 23.4. The predicted molar refractivity (Wildman–Crippen MR) is 132 cm³/mol. The van der Waals surface area contributed by atoms with Crippen LogP contribution in [0.25, 0.3) is 0 Å². The fourth-order valence-electron chi connectivity index (χ4n) is 3.89. The van der Waals surface area contributed by atoms with Gasteiger partial charge in [-0.1, -0.05) is 35.9 Å². The molecule has 2 aromatic carbocycles. The lowest BCUT2D eigenvalue weighted by molar-refractivity contribution is 0.327. The van der Waals surface area contributed by atoms with E-state index in [2.05, 4.69) is 78.8 Å². The van der Waals surface area contributed by atoms with E-state index in [1.54, 1.807) is 14.2 Å². The Bertz CT molecular complexity index is 788. The molecule has 0 atom stereocenters. The molecule has 1 aliphatic rings. The van der Waals surface area contributed by atoms with Gasteiger partial charge in [0.2, 0.25) is 0 Å². The summed E-state index contributed by atoms with van der Waals surface area (Å²) in [7, 11) is 5.61. The Hall–Kier alpha value is -1.30. The van der Waals surface area contributed by atoms with Crippen molar-refractivity contribution in [3.8, 4) is 11.5 Å². The number of nitrogens with zero attached hydrogens (tertiary/aromatic N) is 1. The van der Waals surface area contributed by atoms with Crippen molar-refractivity contribution in [3.05, 3.63) is 59.2 Å². The van der Waals surface area contributed by atoms with E-state index in [1.807, 2.05) is 6.07 Å². The lowest BCUT2D eigenvalue weighted by Crippen LogP contribution is -2.27. The molecule has 1 fully saturated rings. The molecule has 0 spiro atoms. The van der Waals surface area contributed by atoms with Gasteiger partial charge in [-0.2, -0.15) is 0 Å². The van der Waals surface area contributed by atoms with Crippen LogP contribution in [0.5, 0.6) is 11.5 Å². The zero-order valence-corrected chi connectivity index (χ0v) is 20.4. The number of benzene rings is 2. The minimum atomic E-state index is 0.232. The largest absolute Gasteiger partial charge is 0.493 e. The summed E-state index contributed by atoms with van der Waals surface area (Å²) in [5, 5.41) is 0. The molecule has 3 nitrogen and oxygen atoms in total. The van der Waals surface area contributed by atoms with Crippen molar-refractivity contribution in [2.75, 3.05) is 45.9 Å². The maximum atomic E-state index is 5.43. The van der Waals surface area contributed by atoms with E-state index in [1.165, 1.54) is 47.5 Å². The van der Waals surface area contributed by atoms with Crippen LogP contribution in [0.1, 0.15) is 36.0 Å². The summed E-state index contributed by atoms with van der Waals surface area (Å²) in [6.07, 6.45) is 4.79. The smallest absolute Gasteiger partial charge is 0.160 e. The molecule has 2 aromatic rings. The molecule has 0 amide bonds. The summed E-state index contributed by atoms with van der Waals surface area (Å²) in [5.74, 6) is 4.15. The molecule has 0 N–H and O–H groups in total. The van der Waals surface area contributed by atoms with E-state index in [9.17, 15) is 0 Å². The summed E-state index contributed by atoms with van der Waals surface area (Å²) >= 11 is 4.32. The van der Waals surface area contributed by atoms with Crippen LogP contribution in [0.15, 0.2) is 42.5 Å². The number of thioether (sulfide) groups is 2. The normalized spacial score (nSPS) is 15.9. The molecule has 0 unspecified atom stereocenters. The summed E-state index contributed by atoms with van der Waals surface area (Å²) < 4.78 is 11.0. The average molecular weight is 446 g/mol. The molecule has 0 saturated carbocycles. The summed E-state index contributed by atoms with van der Waals surface area (Å²) in [4.78, 5) is 2.46. The number of aryl methyl sites for hydroxylation is 1. The fourth-order valence-corrected chi connectivity index (χ4v) is 7.32. The summed E-state index contributed by atoms with van der Waals surface area (Å²) in [6, 6.07) is 15.5. The molecule has 5 heteroatoms. The maximum absolute atomic E-state index is 5.43. The predicted octanol–water partition coefficient (Wildman–Crippen LogP) is 5.99. The molecule has 1 saturated heterocycles. The molecular weight excluding hydrogens is 410 g/mol. The van der Waals surface area contributed by atoms with Gasteiger partial charge in [0, 0.05) is 6.54 Å². The second-order valence-electron chi connectivity index (χ2n) is 8.02.